The van der Waals surface area contributed by atoms with E-state index in [4.69, 9.17) is 11.6 Å². The van der Waals surface area contributed by atoms with Gasteiger partial charge in [-0.3, -0.25) is 9.59 Å². The van der Waals surface area contributed by atoms with Gasteiger partial charge in [-0.2, -0.15) is 0 Å². The van der Waals surface area contributed by atoms with Crippen molar-refractivity contribution in [1.29, 1.82) is 0 Å². The Labute approximate surface area is 144 Å². The average Bonchev–Trinajstić information content (AvgIpc) is 3.01. The van der Waals surface area contributed by atoms with Gasteiger partial charge in [-0.25, -0.2) is 0 Å². The maximum absolute atomic E-state index is 12.5. The third-order valence-corrected chi connectivity index (χ3v) is 5.12. The number of hydrogen-bond donors (Lipinski definition) is 1. The van der Waals surface area contributed by atoms with Crippen LogP contribution in [0.3, 0.4) is 0 Å². The fraction of sp³-hybridized carbons (Fsp3) is 0.294. The Hall–Kier alpha value is -1.85. The van der Waals surface area contributed by atoms with Crippen LogP contribution in [0.25, 0.3) is 0 Å². The minimum absolute atomic E-state index is 0.0297. The summed E-state index contributed by atoms with van der Waals surface area (Å²) in [6, 6.07) is 12.9. The summed E-state index contributed by atoms with van der Waals surface area (Å²) >= 11 is 7.17. The molecule has 1 aromatic carbocycles. The maximum Gasteiger partial charge on any atom is 0.263 e. The summed E-state index contributed by atoms with van der Waals surface area (Å²) in [7, 11) is 0. The summed E-state index contributed by atoms with van der Waals surface area (Å²) in [5.74, 6) is -0.250. The molecule has 2 amide bonds. The van der Waals surface area contributed by atoms with E-state index in [9.17, 15) is 9.59 Å². The Morgan fingerprint density at radius 1 is 1.17 bits per heavy atom. The van der Waals surface area contributed by atoms with Crippen molar-refractivity contribution in [1.82, 2.24) is 4.90 Å². The molecule has 3 rings (SSSR count). The van der Waals surface area contributed by atoms with Gasteiger partial charge in [-0.15, -0.1) is 11.3 Å². The van der Waals surface area contributed by atoms with Crippen LogP contribution in [0, 0.1) is 5.92 Å². The molecular formula is C17H17ClN2O2S. The quantitative estimate of drug-likeness (QED) is 0.914. The summed E-state index contributed by atoms with van der Waals surface area (Å²) in [6.45, 7) is 1.14. The first-order valence-electron chi connectivity index (χ1n) is 7.54. The molecule has 4 nitrogen and oxygen atoms in total. The topological polar surface area (TPSA) is 49.4 Å². The highest BCUT2D eigenvalue weighted by Crippen LogP contribution is 2.25. The van der Waals surface area contributed by atoms with Gasteiger partial charge >= 0.3 is 0 Å². The van der Waals surface area contributed by atoms with E-state index < -0.39 is 0 Å². The van der Waals surface area contributed by atoms with E-state index in [0.29, 0.717) is 22.3 Å². The van der Waals surface area contributed by atoms with Crippen molar-refractivity contribution in [3.63, 3.8) is 0 Å². The summed E-state index contributed by atoms with van der Waals surface area (Å²) in [5, 5.41) is 2.92. The monoisotopic (exact) mass is 348 g/mol. The SMILES string of the molecule is O=C(Nc1ccccc1)C1CCCN(C(=O)c2ccc(Cl)s2)C1. The van der Waals surface area contributed by atoms with E-state index in [2.05, 4.69) is 5.32 Å². The Bertz CT molecular complexity index is 702. The second kappa shape index (κ2) is 7.15. The number of likely N-dealkylation sites (tertiary alicyclic amines) is 1. The van der Waals surface area contributed by atoms with Crippen molar-refractivity contribution in [3.05, 3.63) is 51.7 Å². The van der Waals surface area contributed by atoms with E-state index in [1.165, 1.54) is 11.3 Å². The van der Waals surface area contributed by atoms with Gasteiger partial charge in [0.05, 0.1) is 15.1 Å². The lowest BCUT2D eigenvalue weighted by Gasteiger charge is -2.31. The van der Waals surface area contributed by atoms with Gasteiger partial charge in [0.2, 0.25) is 5.91 Å². The first-order valence-corrected chi connectivity index (χ1v) is 8.73. The molecule has 23 heavy (non-hydrogen) atoms. The Morgan fingerprint density at radius 2 is 1.96 bits per heavy atom. The van der Waals surface area contributed by atoms with Crippen LogP contribution in [0.15, 0.2) is 42.5 Å². The molecule has 2 aromatic rings. The Balaban J connectivity index is 1.63. The van der Waals surface area contributed by atoms with Gasteiger partial charge < -0.3 is 10.2 Å². The lowest BCUT2D eigenvalue weighted by Crippen LogP contribution is -2.43. The smallest absolute Gasteiger partial charge is 0.263 e. The first-order chi connectivity index (χ1) is 11.1. The highest BCUT2D eigenvalue weighted by atomic mass is 35.5. The summed E-state index contributed by atoms with van der Waals surface area (Å²) in [5.41, 5.74) is 0.783. The van der Waals surface area contributed by atoms with Gasteiger partial charge in [0.15, 0.2) is 0 Å². The second-order valence-electron chi connectivity index (χ2n) is 5.55. The number of halogens is 1. The predicted octanol–water partition coefficient (Wildman–Crippen LogP) is 3.89. The molecule has 6 heteroatoms. The van der Waals surface area contributed by atoms with Gasteiger partial charge in [0.25, 0.3) is 5.91 Å². The minimum Gasteiger partial charge on any atom is -0.337 e. The Morgan fingerprint density at radius 3 is 2.65 bits per heavy atom. The number of anilines is 1. The zero-order chi connectivity index (χ0) is 16.2. The standard InChI is InChI=1S/C17H17ClN2O2S/c18-15-9-8-14(23-15)17(22)20-10-4-5-12(11-20)16(21)19-13-6-2-1-3-7-13/h1-3,6-9,12H,4-5,10-11H2,(H,19,21). The molecule has 1 saturated heterocycles. The molecule has 1 aliphatic rings. The molecule has 0 saturated carbocycles. The molecule has 120 valence electrons. The predicted molar refractivity (Wildman–Crippen MR) is 93.0 cm³/mol. The van der Waals surface area contributed by atoms with Crippen LogP contribution in [-0.4, -0.2) is 29.8 Å². The molecule has 1 fully saturated rings. The fourth-order valence-corrected chi connectivity index (χ4v) is 3.74. The molecule has 0 radical (unpaired) electrons. The van der Waals surface area contributed by atoms with Crippen LogP contribution in [0.1, 0.15) is 22.5 Å². The van der Waals surface area contributed by atoms with Crippen molar-refractivity contribution in [3.8, 4) is 0 Å². The van der Waals surface area contributed by atoms with Crippen LogP contribution in [-0.2, 0) is 4.79 Å². The molecule has 1 unspecified atom stereocenters. The zero-order valence-electron chi connectivity index (χ0n) is 12.5. The van der Waals surface area contributed by atoms with E-state index in [1.54, 1.807) is 17.0 Å². The number of carbonyl (C=O) groups excluding carboxylic acids is 2. The third-order valence-electron chi connectivity index (χ3n) is 3.90. The minimum atomic E-state index is -0.177. The Kier molecular flexibility index (Phi) is 4.98. The highest BCUT2D eigenvalue weighted by molar-refractivity contribution is 7.17. The molecule has 0 bridgehead atoms. The molecule has 0 aliphatic carbocycles. The zero-order valence-corrected chi connectivity index (χ0v) is 14.1. The van der Waals surface area contributed by atoms with Gasteiger partial charge in [0.1, 0.15) is 0 Å². The van der Waals surface area contributed by atoms with E-state index in [0.717, 1.165) is 18.5 Å². The number of thiophene rings is 1. The van der Waals surface area contributed by atoms with Crippen molar-refractivity contribution < 1.29 is 9.59 Å². The average molecular weight is 349 g/mol. The number of nitrogens with one attached hydrogen (secondary N) is 1. The number of nitrogens with zero attached hydrogens (tertiary/aromatic N) is 1. The number of para-hydroxylation sites is 1. The summed E-state index contributed by atoms with van der Waals surface area (Å²) in [4.78, 5) is 27.3. The normalized spacial score (nSPS) is 17.8. The summed E-state index contributed by atoms with van der Waals surface area (Å²) < 4.78 is 0.601. The molecule has 1 aromatic heterocycles. The van der Waals surface area contributed by atoms with E-state index in [-0.39, 0.29) is 17.7 Å². The van der Waals surface area contributed by atoms with Crippen LogP contribution < -0.4 is 5.32 Å². The van der Waals surface area contributed by atoms with Crippen molar-refractivity contribution in [2.45, 2.75) is 12.8 Å². The second-order valence-corrected chi connectivity index (χ2v) is 7.26. The first kappa shape index (κ1) is 16.0. The molecule has 2 heterocycles. The van der Waals surface area contributed by atoms with Crippen LogP contribution in [0.4, 0.5) is 5.69 Å². The van der Waals surface area contributed by atoms with Gasteiger partial charge in [-0.05, 0) is 37.1 Å². The van der Waals surface area contributed by atoms with Crippen LogP contribution >= 0.6 is 22.9 Å². The third kappa shape index (κ3) is 3.92. The van der Waals surface area contributed by atoms with Gasteiger partial charge in [0, 0.05) is 18.8 Å². The molecule has 1 aliphatic heterocycles. The summed E-state index contributed by atoms with van der Waals surface area (Å²) in [6.07, 6.45) is 1.63. The number of hydrogen-bond acceptors (Lipinski definition) is 3. The number of rotatable bonds is 3. The van der Waals surface area contributed by atoms with Crippen molar-refractivity contribution in [2.24, 2.45) is 5.92 Å². The van der Waals surface area contributed by atoms with Crippen LogP contribution in [0.5, 0.6) is 0 Å². The largest absolute Gasteiger partial charge is 0.337 e. The number of piperidine rings is 1. The molecule has 1 N–H and O–H groups in total. The lowest BCUT2D eigenvalue weighted by molar-refractivity contribution is -0.121. The van der Waals surface area contributed by atoms with E-state index >= 15 is 0 Å². The van der Waals surface area contributed by atoms with Crippen LogP contribution in [0.2, 0.25) is 4.34 Å². The molecular weight excluding hydrogens is 332 g/mol. The number of carbonyl (C=O) groups is 2. The lowest BCUT2D eigenvalue weighted by atomic mass is 9.97. The molecule has 0 spiro atoms. The van der Waals surface area contributed by atoms with Gasteiger partial charge in [-0.1, -0.05) is 29.8 Å². The number of benzene rings is 1. The highest BCUT2D eigenvalue weighted by Gasteiger charge is 2.29. The fourth-order valence-electron chi connectivity index (χ4n) is 2.73. The van der Waals surface area contributed by atoms with E-state index in [1.807, 2.05) is 30.3 Å². The maximum atomic E-state index is 12.5. The molecule has 1 atom stereocenters. The van der Waals surface area contributed by atoms with Crippen molar-refractivity contribution in [2.75, 3.05) is 18.4 Å². The van der Waals surface area contributed by atoms with Crippen molar-refractivity contribution >= 4 is 40.4 Å². The number of amides is 2.